The summed E-state index contributed by atoms with van der Waals surface area (Å²) in [6.45, 7) is 8.14. The highest BCUT2D eigenvalue weighted by Gasteiger charge is 2.21. The van der Waals surface area contributed by atoms with Crippen LogP contribution in [0.1, 0.15) is 48.2 Å². The average Bonchev–Trinajstić information content (AvgIpc) is 3.14. The van der Waals surface area contributed by atoms with Crippen molar-refractivity contribution in [1.82, 2.24) is 19.9 Å². The Bertz CT molecular complexity index is 1330. The molecule has 1 atom stereocenters. The summed E-state index contributed by atoms with van der Waals surface area (Å²) in [6.07, 6.45) is 2.36. The summed E-state index contributed by atoms with van der Waals surface area (Å²) in [7, 11) is 0. The predicted molar refractivity (Wildman–Crippen MR) is 138 cm³/mol. The largest absolute Gasteiger partial charge is 0.349 e. The van der Waals surface area contributed by atoms with E-state index in [0.29, 0.717) is 29.7 Å². The predicted octanol–water partition coefficient (Wildman–Crippen LogP) is 4.74. The SMILES string of the molecule is Cc1nc2cc(NC(=O)C(C)C)cc(C(=O)NC(C)Cc3ccccn3)c2n1Cc1ccccc1. The Morgan fingerprint density at radius 3 is 2.43 bits per heavy atom. The van der Waals surface area contributed by atoms with Crippen molar-refractivity contribution >= 4 is 28.5 Å². The summed E-state index contributed by atoms with van der Waals surface area (Å²) in [5.74, 6) is 0.290. The first-order chi connectivity index (χ1) is 16.8. The minimum Gasteiger partial charge on any atom is -0.349 e. The number of hydrogen-bond acceptors (Lipinski definition) is 4. The quantitative estimate of drug-likeness (QED) is 0.390. The normalized spacial score (nSPS) is 12.0. The van der Waals surface area contributed by atoms with E-state index in [4.69, 9.17) is 4.98 Å². The van der Waals surface area contributed by atoms with E-state index in [1.54, 1.807) is 12.3 Å². The highest BCUT2D eigenvalue weighted by atomic mass is 16.2. The summed E-state index contributed by atoms with van der Waals surface area (Å²) >= 11 is 0. The molecule has 0 aliphatic rings. The Labute approximate surface area is 205 Å². The van der Waals surface area contributed by atoms with Gasteiger partial charge in [-0.1, -0.05) is 50.2 Å². The maximum Gasteiger partial charge on any atom is 0.253 e. The molecule has 0 aliphatic carbocycles. The third kappa shape index (κ3) is 5.74. The number of nitrogens with zero attached hydrogens (tertiary/aromatic N) is 3. The van der Waals surface area contributed by atoms with Gasteiger partial charge in [0.25, 0.3) is 5.91 Å². The Morgan fingerprint density at radius 1 is 1.00 bits per heavy atom. The van der Waals surface area contributed by atoms with Crippen molar-refractivity contribution in [3.8, 4) is 0 Å². The molecule has 2 aromatic heterocycles. The number of pyridine rings is 1. The third-order valence-electron chi connectivity index (χ3n) is 5.87. The Balaban J connectivity index is 1.72. The number of fused-ring (bicyclic) bond motifs is 1. The molecule has 7 heteroatoms. The van der Waals surface area contributed by atoms with Gasteiger partial charge in [-0.05, 0) is 43.7 Å². The zero-order valence-electron chi connectivity index (χ0n) is 20.6. The molecular formula is C28H31N5O2. The van der Waals surface area contributed by atoms with Crippen LogP contribution in [-0.2, 0) is 17.8 Å². The van der Waals surface area contributed by atoms with Gasteiger partial charge in [-0.15, -0.1) is 0 Å². The number of imidazole rings is 1. The Kier molecular flexibility index (Phi) is 7.25. The van der Waals surface area contributed by atoms with Crippen LogP contribution in [0.25, 0.3) is 11.0 Å². The standard InChI is InChI=1S/C28H31N5O2/c1-18(2)27(34)32-23-15-24(28(35)30-19(3)14-22-12-8-9-13-29-22)26-25(16-23)31-20(4)33(26)17-21-10-6-5-7-11-21/h5-13,15-16,18-19H,14,17H2,1-4H3,(H,30,35)(H,32,34). The van der Waals surface area contributed by atoms with Crippen LogP contribution in [0.5, 0.6) is 0 Å². The van der Waals surface area contributed by atoms with Crippen molar-refractivity contribution in [2.24, 2.45) is 5.92 Å². The molecule has 7 nitrogen and oxygen atoms in total. The highest BCUT2D eigenvalue weighted by Crippen LogP contribution is 2.27. The van der Waals surface area contributed by atoms with E-state index in [2.05, 4.69) is 32.3 Å². The number of carbonyl (C=O) groups excluding carboxylic acids is 2. The zero-order valence-corrected chi connectivity index (χ0v) is 20.6. The van der Waals surface area contributed by atoms with E-state index < -0.39 is 0 Å². The zero-order chi connectivity index (χ0) is 24.9. The van der Waals surface area contributed by atoms with Gasteiger partial charge in [-0.2, -0.15) is 0 Å². The molecule has 1 unspecified atom stereocenters. The van der Waals surface area contributed by atoms with Crippen LogP contribution in [0.15, 0.2) is 66.9 Å². The van der Waals surface area contributed by atoms with E-state index in [9.17, 15) is 9.59 Å². The van der Waals surface area contributed by atoms with Crippen molar-refractivity contribution in [3.63, 3.8) is 0 Å². The second-order valence-electron chi connectivity index (χ2n) is 9.17. The van der Waals surface area contributed by atoms with Crippen LogP contribution in [0.4, 0.5) is 5.69 Å². The molecule has 2 amide bonds. The highest BCUT2D eigenvalue weighted by molar-refractivity contribution is 6.08. The molecule has 35 heavy (non-hydrogen) atoms. The molecule has 0 saturated carbocycles. The summed E-state index contributed by atoms with van der Waals surface area (Å²) in [5.41, 5.74) is 4.48. The molecule has 0 saturated heterocycles. The van der Waals surface area contributed by atoms with Gasteiger partial charge in [0.05, 0.1) is 16.6 Å². The molecule has 0 fully saturated rings. The third-order valence-corrected chi connectivity index (χ3v) is 5.87. The lowest BCUT2D eigenvalue weighted by Gasteiger charge is -2.17. The smallest absolute Gasteiger partial charge is 0.253 e. The molecule has 0 aliphatic heterocycles. The second-order valence-corrected chi connectivity index (χ2v) is 9.17. The summed E-state index contributed by atoms with van der Waals surface area (Å²) in [5, 5.41) is 6.03. The van der Waals surface area contributed by atoms with Crippen molar-refractivity contribution in [2.75, 3.05) is 5.32 Å². The van der Waals surface area contributed by atoms with Crippen LogP contribution in [0, 0.1) is 12.8 Å². The lowest BCUT2D eigenvalue weighted by atomic mass is 10.1. The monoisotopic (exact) mass is 469 g/mol. The number of aryl methyl sites for hydroxylation is 1. The number of anilines is 1. The van der Waals surface area contributed by atoms with Gasteiger partial charge >= 0.3 is 0 Å². The molecule has 2 heterocycles. The van der Waals surface area contributed by atoms with Crippen molar-refractivity contribution < 1.29 is 9.59 Å². The molecule has 4 aromatic rings. The second kappa shape index (κ2) is 10.5. The molecule has 0 radical (unpaired) electrons. The van der Waals surface area contributed by atoms with Gasteiger partial charge in [-0.25, -0.2) is 4.98 Å². The number of benzene rings is 2. The Hall–Kier alpha value is -4.00. The van der Waals surface area contributed by atoms with Gasteiger partial charge in [0.15, 0.2) is 0 Å². The van der Waals surface area contributed by atoms with Crippen LogP contribution in [-0.4, -0.2) is 32.4 Å². The molecule has 0 bridgehead atoms. The maximum atomic E-state index is 13.6. The number of nitrogens with one attached hydrogen (secondary N) is 2. The van der Waals surface area contributed by atoms with Crippen LogP contribution < -0.4 is 10.6 Å². The molecule has 2 aromatic carbocycles. The van der Waals surface area contributed by atoms with E-state index >= 15 is 0 Å². The van der Waals surface area contributed by atoms with Crippen molar-refractivity contribution in [1.29, 1.82) is 0 Å². The summed E-state index contributed by atoms with van der Waals surface area (Å²) in [4.78, 5) is 35.0. The first-order valence-electron chi connectivity index (χ1n) is 11.9. The van der Waals surface area contributed by atoms with Gasteiger partial charge in [-0.3, -0.25) is 14.6 Å². The van der Waals surface area contributed by atoms with E-state index in [1.807, 2.05) is 70.2 Å². The summed E-state index contributed by atoms with van der Waals surface area (Å²) in [6, 6.07) is 19.3. The number of hydrogen-bond donors (Lipinski definition) is 2. The lowest BCUT2D eigenvalue weighted by Crippen LogP contribution is -2.34. The fourth-order valence-electron chi connectivity index (χ4n) is 4.06. The minimum absolute atomic E-state index is 0.111. The maximum absolute atomic E-state index is 13.6. The molecular weight excluding hydrogens is 438 g/mol. The lowest BCUT2D eigenvalue weighted by molar-refractivity contribution is -0.118. The number of carbonyl (C=O) groups is 2. The fourth-order valence-corrected chi connectivity index (χ4v) is 4.06. The number of amides is 2. The first kappa shape index (κ1) is 24.1. The van der Waals surface area contributed by atoms with Gasteiger partial charge in [0, 0.05) is 42.5 Å². The average molecular weight is 470 g/mol. The van der Waals surface area contributed by atoms with Crippen LogP contribution in [0.2, 0.25) is 0 Å². The molecule has 4 rings (SSSR count). The minimum atomic E-state index is -0.215. The Morgan fingerprint density at radius 2 is 1.74 bits per heavy atom. The number of rotatable bonds is 8. The molecule has 2 N–H and O–H groups in total. The van der Waals surface area contributed by atoms with Crippen molar-refractivity contribution in [3.05, 3.63) is 89.5 Å². The first-order valence-corrected chi connectivity index (χ1v) is 11.9. The fraction of sp³-hybridized carbons (Fsp3) is 0.286. The van der Waals surface area contributed by atoms with E-state index in [-0.39, 0.29) is 23.8 Å². The van der Waals surface area contributed by atoms with Gasteiger partial charge in [0.2, 0.25) is 5.91 Å². The topological polar surface area (TPSA) is 88.9 Å². The van der Waals surface area contributed by atoms with E-state index in [0.717, 1.165) is 22.6 Å². The number of aromatic nitrogens is 3. The van der Waals surface area contributed by atoms with Gasteiger partial charge in [0.1, 0.15) is 5.82 Å². The van der Waals surface area contributed by atoms with Gasteiger partial charge < -0.3 is 15.2 Å². The molecule has 0 spiro atoms. The van der Waals surface area contributed by atoms with E-state index in [1.165, 1.54) is 0 Å². The van der Waals surface area contributed by atoms with Crippen LogP contribution >= 0.6 is 0 Å². The summed E-state index contributed by atoms with van der Waals surface area (Å²) < 4.78 is 2.05. The van der Waals surface area contributed by atoms with Crippen molar-refractivity contribution in [2.45, 2.75) is 46.7 Å². The molecule has 180 valence electrons. The van der Waals surface area contributed by atoms with Crippen LogP contribution in [0.3, 0.4) is 0 Å².